The second-order valence-electron chi connectivity index (χ2n) is 17.4. The molecule has 14 heteroatoms. The predicted molar refractivity (Wildman–Crippen MR) is 217 cm³/mol. The summed E-state index contributed by atoms with van der Waals surface area (Å²) in [6.45, 7) is 23.9. The lowest BCUT2D eigenvalue weighted by atomic mass is 9.49. The van der Waals surface area contributed by atoms with E-state index in [0.29, 0.717) is 47.2 Å². The number of likely N-dealkylation sites (tertiary alicyclic amines) is 1. The zero-order valence-electron chi connectivity index (χ0n) is 34.2. The number of ether oxygens (including phenoxy) is 2. The van der Waals surface area contributed by atoms with Crippen molar-refractivity contribution in [3.8, 4) is 11.8 Å². The summed E-state index contributed by atoms with van der Waals surface area (Å²) < 4.78 is 12.3. The van der Waals surface area contributed by atoms with Crippen molar-refractivity contribution in [1.82, 2.24) is 30.7 Å². The highest BCUT2D eigenvalue weighted by atomic mass is 35.5. The third kappa shape index (κ3) is 9.41. The van der Waals surface area contributed by atoms with Crippen molar-refractivity contribution in [3.05, 3.63) is 65.0 Å². The maximum absolute atomic E-state index is 13.6. The van der Waals surface area contributed by atoms with Gasteiger partial charge in [0.15, 0.2) is 0 Å². The molecule has 1 aromatic carbocycles. The van der Waals surface area contributed by atoms with Gasteiger partial charge >= 0.3 is 0 Å². The maximum Gasteiger partial charge on any atom is 0.253 e. The highest BCUT2D eigenvalue weighted by molar-refractivity contribution is 6.31. The number of piperazine rings is 1. The van der Waals surface area contributed by atoms with Crippen LogP contribution in [0.4, 0.5) is 5.82 Å². The number of anilines is 1. The van der Waals surface area contributed by atoms with E-state index in [2.05, 4.69) is 71.1 Å². The Hall–Kier alpha value is -4.38. The van der Waals surface area contributed by atoms with Crippen molar-refractivity contribution in [3.63, 3.8) is 0 Å². The average Bonchev–Trinajstić information content (AvgIpc) is 3.66. The van der Waals surface area contributed by atoms with Gasteiger partial charge in [-0.05, 0) is 42.5 Å². The largest absolute Gasteiger partial charge is 0.489 e. The summed E-state index contributed by atoms with van der Waals surface area (Å²) in [6.07, 6.45) is 2.91. The van der Waals surface area contributed by atoms with Crippen molar-refractivity contribution in [2.24, 2.45) is 16.2 Å². The molecule has 13 nitrogen and oxygen atoms in total. The zero-order chi connectivity index (χ0) is 41.0. The standard InChI is InChI=1S/C42H59ClN8O5/c1-27(47-34(40(2,3)4)37(54)51-16-10-11-32(51)36(53)45-9)26-55-22-21-49-17-19-50(20-18-49)33-15-13-29(25-46-33)35(52)48-38-41(5,6)39(42(38,7)8)56-30-14-12-28(24-44)31(43)23-30/h12-15,23,25,32,34,38-39,47H,1,10-11,16-22,26H2,2-9H3,(H,45,53)(H,48,52)/t32-,34+,38?,39?/m0/s1. The van der Waals surface area contributed by atoms with E-state index >= 15 is 0 Å². The van der Waals surface area contributed by atoms with Crippen molar-refractivity contribution >= 4 is 35.1 Å². The number of benzene rings is 1. The quantitative estimate of drug-likeness (QED) is 0.232. The number of nitrogens with zero attached hydrogens (tertiary/aromatic N) is 5. The van der Waals surface area contributed by atoms with E-state index < -0.39 is 17.5 Å². The summed E-state index contributed by atoms with van der Waals surface area (Å²) in [5.41, 5.74) is 0.389. The molecule has 1 aliphatic carbocycles. The number of amides is 3. The third-order valence-corrected chi connectivity index (χ3v) is 11.8. The van der Waals surface area contributed by atoms with Crippen LogP contribution in [0.5, 0.6) is 5.75 Å². The molecule has 5 rings (SSSR count). The monoisotopic (exact) mass is 790 g/mol. The summed E-state index contributed by atoms with van der Waals surface area (Å²) in [4.78, 5) is 50.3. The minimum Gasteiger partial charge on any atom is -0.489 e. The molecule has 2 saturated heterocycles. The number of carbonyl (C=O) groups excluding carboxylic acids is 3. The van der Waals surface area contributed by atoms with Crippen LogP contribution in [-0.4, -0.2) is 116 Å². The number of hydrogen-bond donors (Lipinski definition) is 3. The molecule has 1 saturated carbocycles. The lowest BCUT2D eigenvalue weighted by molar-refractivity contribution is -0.164. The third-order valence-electron chi connectivity index (χ3n) is 11.5. The molecule has 3 fully saturated rings. The van der Waals surface area contributed by atoms with Crippen LogP contribution in [-0.2, 0) is 14.3 Å². The fourth-order valence-corrected chi connectivity index (χ4v) is 8.85. The Balaban J connectivity index is 1.04. The van der Waals surface area contributed by atoms with Crippen molar-refractivity contribution in [2.75, 3.05) is 64.4 Å². The summed E-state index contributed by atoms with van der Waals surface area (Å²) >= 11 is 6.24. The Morgan fingerprint density at radius 2 is 1.77 bits per heavy atom. The molecule has 304 valence electrons. The molecule has 0 radical (unpaired) electrons. The molecule has 3 heterocycles. The molecule has 0 bridgehead atoms. The van der Waals surface area contributed by atoms with Crippen molar-refractivity contribution in [2.45, 2.75) is 85.5 Å². The second-order valence-corrected chi connectivity index (χ2v) is 17.8. The fraction of sp³-hybridized carbons (Fsp3) is 0.595. The van der Waals surface area contributed by atoms with Crippen LogP contribution in [0.2, 0.25) is 5.02 Å². The first-order valence-corrected chi connectivity index (χ1v) is 19.9. The molecule has 2 aromatic rings. The summed E-state index contributed by atoms with van der Waals surface area (Å²) in [7, 11) is 1.60. The van der Waals surface area contributed by atoms with Gasteiger partial charge in [-0.3, -0.25) is 19.3 Å². The van der Waals surface area contributed by atoms with Gasteiger partial charge in [-0.2, -0.15) is 5.26 Å². The minimum atomic E-state index is -0.535. The molecular weight excluding hydrogens is 732 g/mol. The lowest BCUT2D eigenvalue weighted by Gasteiger charge is -2.63. The van der Waals surface area contributed by atoms with E-state index in [-0.39, 0.29) is 47.3 Å². The van der Waals surface area contributed by atoms with Gasteiger partial charge in [-0.15, -0.1) is 0 Å². The zero-order valence-corrected chi connectivity index (χ0v) is 35.0. The van der Waals surface area contributed by atoms with E-state index in [1.807, 2.05) is 32.9 Å². The Labute approximate surface area is 337 Å². The van der Waals surface area contributed by atoms with Crippen LogP contribution >= 0.6 is 11.6 Å². The number of rotatable bonds is 14. The van der Waals surface area contributed by atoms with E-state index in [9.17, 15) is 19.6 Å². The number of pyridine rings is 1. The fourth-order valence-electron chi connectivity index (χ4n) is 8.64. The first kappa shape index (κ1) is 42.8. The van der Waals surface area contributed by atoms with Crippen LogP contribution in [0.15, 0.2) is 48.8 Å². The number of halogens is 1. The number of nitrogens with one attached hydrogen (secondary N) is 3. The van der Waals surface area contributed by atoms with Crippen LogP contribution in [0, 0.1) is 27.6 Å². The van der Waals surface area contributed by atoms with Gasteiger partial charge in [0.2, 0.25) is 11.8 Å². The van der Waals surface area contributed by atoms with E-state index in [4.69, 9.17) is 21.1 Å². The van der Waals surface area contributed by atoms with Gasteiger partial charge in [0, 0.05) is 81.1 Å². The van der Waals surface area contributed by atoms with Gasteiger partial charge in [-0.1, -0.05) is 66.6 Å². The highest BCUT2D eigenvalue weighted by Crippen LogP contribution is 2.55. The van der Waals surface area contributed by atoms with Crippen LogP contribution in [0.1, 0.15) is 77.2 Å². The van der Waals surface area contributed by atoms with Crippen LogP contribution in [0.25, 0.3) is 0 Å². The van der Waals surface area contributed by atoms with Crippen molar-refractivity contribution in [1.29, 1.82) is 5.26 Å². The van der Waals surface area contributed by atoms with E-state index in [1.165, 1.54) is 0 Å². The number of hydrogen-bond acceptors (Lipinski definition) is 10. The average molecular weight is 791 g/mol. The molecule has 3 aliphatic rings. The van der Waals surface area contributed by atoms with Gasteiger partial charge in [0.1, 0.15) is 35.8 Å². The number of carbonyl (C=O) groups is 3. The normalized spacial score (nSPS) is 22.3. The summed E-state index contributed by atoms with van der Waals surface area (Å²) in [6, 6.07) is 9.73. The molecule has 2 aliphatic heterocycles. The van der Waals surface area contributed by atoms with E-state index in [1.54, 1.807) is 36.3 Å². The number of nitriles is 1. The Morgan fingerprint density at radius 1 is 1.07 bits per heavy atom. The maximum atomic E-state index is 13.6. The highest BCUT2D eigenvalue weighted by Gasteiger charge is 2.64. The van der Waals surface area contributed by atoms with Gasteiger partial charge in [0.25, 0.3) is 5.91 Å². The first-order valence-electron chi connectivity index (χ1n) is 19.5. The molecule has 3 N–H and O–H groups in total. The van der Waals surface area contributed by atoms with Crippen molar-refractivity contribution < 1.29 is 23.9 Å². The SMILES string of the molecule is C=C(COCCN1CCN(c2ccc(C(=O)NC3C(C)(C)C(Oc4ccc(C#N)c(Cl)c4)C3(C)C)cn2)CC1)N[C@H](C(=O)N1CCC[C@H]1C(=O)NC)C(C)(C)C. The molecule has 0 unspecified atom stereocenters. The Bertz CT molecular complexity index is 1780. The van der Waals surface area contributed by atoms with Crippen LogP contribution < -0.4 is 25.6 Å². The van der Waals surface area contributed by atoms with Gasteiger partial charge in [-0.25, -0.2) is 4.98 Å². The molecule has 2 atom stereocenters. The summed E-state index contributed by atoms with van der Waals surface area (Å²) in [5, 5.41) is 18.8. The second kappa shape index (κ2) is 17.4. The Morgan fingerprint density at radius 3 is 2.36 bits per heavy atom. The minimum absolute atomic E-state index is 0.0925. The molecule has 3 amide bonds. The summed E-state index contributed by atoms with van der Waals surface area (Å²) in [5.74, 6) is 1.02. The van der Waals surface area contributed by atoms with Gasteiger partial charge in [0.05, 0.1) is 29.4 Å². The van der Waals surface area contributed by atoms with Crippen LogP contribution in [0.3, 0.4) is 0 Å². The first-order chi connectivity index (χ1) is 26.4. The molecule has 56 heavy (non-hydrogen) atoms. The van der Waals surface area contributed by atoms with E-state index in [0.717, 1.165) is 45.0 Å². The lowest BCUT2D eigenvalue weighted by Crippen LogP contribution is -2.74. The number of aromatic nitrogens is 1. The smallest absolute Gasteiger partial charge is 0.253 e. The van der Waals surface area contributed by atoms with Gasteiger partial charge < -0.3 is 35.2 Å². The molecular formula is C42H59ClN8O5. The number of likely N-dealkylation sites (N-methyl/N-ethyl adjacent to an activating group) is 1. The molecule has 1 aromatic heterocycles. The Kier molecular flexibility index (Phi) is 13.3. The topological polar surface area (TPSA) is 152 Å². The molecule has 0 spiro atoms. The predicted octanol–water partition coefficient (Wildman–Crippen LogP) is 4.61.